The molecular weight excluding hydrogens is 170 g/mol. The molecule has 2 atom stereocenters. The van der Waals surface area contributed by atoms with Crippen LogP contribution in [0.25, 0.3) is 0 Å². The van der Waals surface area contributed by atoms with Crippen molar-refractivity contribution in [3.8, 4) is 0 Å². The minimum Gasteiger partial charge on any atom is -0.432 e. The number of carbonyl (C=O) groups excluding carboxylic acids is 2. The van der Waals surface area contributed by atoms with E-state index in [1.807, 2.05) is 6.92 Å². The summed E-state index contributed by atoms with van der Waals surface area (Å²) in [6.45, 7) is 1.97. The van der Waals surface area contributed by atoms with Gasteiger partial charge in [0, 0.05) is 5.92 Å². The summed E-state index contributed by atoms with van der Waals surface area (Å²) in [7, 11) is 0. The van der Waals surface area contributed by atoms with Crippen molar-refractivity contribution in [1.29, 1.82) is 0 Å². The minimum atomic E-state index is -0.838. The molecule has 1 aliphatic carbocycles. The first-order chi connectivity index (χ1) is 6.15. The first-order valence-electron chi connectivity index (χ1n) is 4.69. The van der Waals surface area contributed by atoms with Gasteiger partial charge >= 0.3 is 6.09 Å². The molecule has 13 heavy (non-hydrogen) atoms. The summed E-state index contributed by atoms with van der Waals surface area (Å²) < 4.78 is 5.11. The topological polar surface area (TPSA) is 55.4 Å². The SMILES string of the molecule is C[C@@H]1CCCC[C@@]12OC(=O)NC2=O. The normalized spacial score (nSPS) is 39.0. The Labute approximate surface area is 76.6 Å². The van der Waals surface area contributed by atoms with Gasteiger partial charge in [-0.15, -0.1) is 0 Å². The summed E-state index contributed by atoms with van der Waals surface area (Å²) in [6.07, 6.45) is 3.13. The number of nitrogens with one attached hydrogen (secondary N) is 1. The van der Waals surface area contributed by atoms with E-state index >= 15 is 0 Å². The third-order valence-electron chi connectivity index (χ3n) is 3.11. The van der Waals surface area contributed by atoms with Gasteiger partial charge in [-0.25, -0.2) is 4.79 Å². The van der Waals surface area contributed by atoms with Crippen LogP contribution in [0.2, 0.25) is 0 Å². The molecule has 4 heteroatoms. The molecule has 0 bridgehead atoms. The van der Waals surface area contributed by atoms with E-state index in [0.717, 1.165) is 19.3 Å². The van der Waals surface area contributed by atoms with Crippen LogP contribution >= 0.6 is 0 Å². The molecule has 0 unspecified atom stereocenters. The van der Waals surface area contributed by atoms with Gasteiger partial charge in [0.1, 0.15) is 0 Å². The number of amides is 2. The Bertz CT molecular complexity index is 264. The van der Waals surface area contributed by atoms with Gasteiger partial charge in [-0.1, -0.05) is 13.3 Å². The number of carbonyl (C=O) groups is 2. The lowest BCUT2D eigenvalue weighted by atomic mass is 9.76. The Morgan fingerprint density at radius 2 is 2.23 bits per heavy atom. The van der Waals surface area contributed by atoms with Crippen molar-refractivity contribution in [2.75, 3.05) is 0 Å². The zero-order chi connectivity index (χ0) is 9.47. The summed E-state index contributed by atoms with van der Waals surface area (Å²) >= 11 is 0. The predicted octanol–water partition coefficient (Wildman–Crippen LogP) is 1.20. The second-order valence-corrected chi connectivity index (χ2v) is 3.88. The summed E-state index contributed by atoms with van der Waals surface area (Å²) in [4.78, 5) is 22.4. The Kier molecular flexibility index (Phi) is 1.78. The van der Waals surface area contributed by atoms with Crippen LogP contribution in [-0.4, -0.2) is 17.6 Å². The van der Waals surface area contributed by atoms with Gasteiger partial charge in [0.25, 0.3) is 5.91 Å². The lowest BCUT2D eigenvalue weighted by Crippen LogP contribution is -2.46. The third-order valence-corrected chi connectivity index (χ3v) is 3.11. The van der Waals surface area contributed by atoms with Crippen LogP contribution in [0.3, 0.4) is 0 Å². The van der Waals surface area contributed by atoms with Crippen molar-refractivity contribution < 1.29 is 14.3 Å². The number of hydrogen-bond donors (Lipinski definition) is 1. The lowest BCUT2D eigenvalue weighted by molar-refractivity contribution is -0.138. The summed E-state index contributed by atoms with van der Waals surface area (Å²) in [5.74, 6) is -0.0996. The zero-order valence-corrected chi connectivity index (χ0v) is 7.63. The highest BCUT2D eigenvalue weighted by Crippen LogP contribution is 2.39. The molecule has 0 aromatic rings. The van der Waals surface area contributed by atoms with Crippen molar-refractivity contribution in [3.63, 3.8) is 0 Å². The maximum Gasteiger partial charge on any atom is 0.415 e. The highest BCUT2D eigenvalue weighted by atomic mass is 16.6. The second-order valence-electron chi connectivity index (χ2n) is 3.88. The first kappa shape index (κ1) is 8.53. The molecular formula is C9H13NO3. The quantitative estimate of drug-likeness (QED) is 0.614. The molecule has 0 aromatic carbocycles. The molecule has 1 aliphatic heterocycles. The molecule has 2 fully saturated rings. The molecule has 2 rings (SSSR count). The molecule has 1 spiro atoms. The Balaban J connectivity index is 2.26. The fraction of sp³-hybridized carbons (Fsp3) is 0.778. The molecule has 4 nitrogen and oxygen atoms in total. The lowest BCUT2D eigenvalue weighted by Gasteiger charge is -2.34. The Hall–Kier alpha value is -1.06. The molecule has 72 valence electrons. The fourth-order valence-electron chi connectivity index (χ4n) is 2.24. The van der Waals surface area contributed by atoms with Crippen molar-refractivity contribution in [2.45, 2.75) is 38.2 Å². The summed E-state index contributed by atoms with van der Waals surface area (Å²) in [5, 5.41) is 2.21. The standard InChI is InChI=1S/C9H13NO3/c1-6-4-2-3-5-9(6)7(11)10-8(12)13-9/h6H,2-5H2,1H3,(H,10,11,12)/t6-,9-/m1/s1. The van der Waals surface area contributed by atoms with Gasteiger partial charge in [-0.2, -0.15) is 0 Å². The van der Waals surface area contributed by atoms with Gasteiger partial charge in [-0.3, -0.25) is 10.1 Å². The molecule has 2 amide bonds. The van der Waals surface area contributed by atoms with E-state index in [4.69, 9.17) is 4.74 Å². The summed E-state index contributed by atoms with van der Waals surface area (Å²) in [5.41, 5.74) is -0.838. The monoisotopic (exact) mass is 183 g/mol. The number of hydrogen-bond acceptors (Lipinski definition) is 3. The van der Waals surface area contributed by atoms with Gasteiger partial charge in [-0.05, 0) is 19.3 Å². The van der Waals surface area contributed by atoms with E-state index in [1.54, 1.807) is 0 Å². The second kappa shape index (κ2) is 2.72. The van der Waals surface area contributed by atoms with Gasteiger partial charge in [0.2, 0.25) is 0 Å². The molecule has 1 N–H and O–H groups in total. The number of imide groups is 1. The molecule has 0 radical (unpaired) electrons. The highest BCUT2D eigenvalue weighted by molar-refractivity contribution is 6.03. The van der Waals surface area contributed by atoms with Crippen molar-refractivity contribution >= 4 is 12.0 Å². The van der Waals surface area contributed by atoms with E-state index in [-0.39, 0.29) is 11.8 Å². The van der Waals surface area contributed by atoms with E-state index in [0.29, 0.717) is 6.42 Å². The number of ether oxygens (including phenoxy) is 1. The fourth-order valence-corrected chi connectivity index (χ4v) is 2.24. The maximum atomic E-state index is 11.5. The summed E-state index contributed by atoms with van der Waals surface area (Å²) in [6, 6.07) is 0. The average molecular weight is 183 g/mol. The predicted molar refractivity (Wildman–Crippen MR) is 45.0 cm³/mol. The smallest absolute Gasteiger partial charge is 0.415 e. The maximum absolute atomic E-state index is 11.5. The van der Waals surface area contributed by atoms with Crippen LogP contribution in [0.5, 0.6) is 0 Å². The third kappa shape index (κ3) is 1.12. The van der Waals surface area contributed by atoms with E-state index in [9.17, 15) is 9.59 Å². The highest BCUT2D eigenvalue weighted by Gasteiger charge is 2.53. The average Bonchev–Trinajstić information content (AvgIpc) is 2.35. The van der Waals surface area contributed by atoms with Gasteiger partial charge < -0.3 is 4.74 Å². The molecule has 0 aromatic heterocycles. The largest absolute Gasteiger partial charge is 0.432 e. The van der Waals surface area contributed by atoms with Crippen LogP contribution < -0.4 is 5.32 Å². The number of alkyl carbamates (subject to hydrolysis) is 1. The zero-order valence-electron chi connectivity index (χ0n) is 7.63. The molecule has 2 aliphatic rings. The van der Waals surface area contributed by atoms with Crippen molar-refractivity contribution in [2.24, 2.45) is 5.92 Å². The van der Waals surface area contributed by atoms with Crippen molar-refractivity contribution in [3.05, 3.63) is 0 Å². The minimum absolute atomic E-state index is 0.146. The Morgan fingerprint density at radius 3 is 2.77 bits per heavy atom. The van der Waals surface area contributed by atoms with E-state index in [1.165, 1.54) is 0 Å². The van der Waals surface area contributed by atoms with Crippen molar-refractivity contribution in [1.82, 2.24) is 5.32 Å². The van der Waals surface area contributed by atoms with Gasteiger partial charge in [0.15, 0.2) is 5.60 Å². The van der Waals surface area contributed by atoms with Crippen LogP contribution in [0.15, 0.2) is 0 Å². The molecule has 1 heterocycles. The first-order valence-corrected chi connectivity index (χ1v) is 4.69. The van der Waals surface area contributed by atoms with E-state index < -0.39 is 11.7 Å². The van der Waals surface area contributed by atoms with Crippen LogP contribution in [0, 0.1) is 5.92 Å². The molecule has 1 saturated carbocycles. The van der Waals surface area contributed by atoms with E-state index in [2.05, 4.69) is 5.32 Å². The number of rotatable bonds is 0. The van der Waals surface area contributed by atoms with Crippen LogP contribution in [0.4, 0.5) is 4.79 Å². The Morgan fingerprint density at radius 1 is 1.46 bits per heavy atom. The van der Waals surface area contributed by atoms with Crippen LogP contribution in [-0.2, 0) is 9.53 Å². The van der Waals surface area contributed by atoms with Gasteiger partial charge in [0.05, 0.1) is 0 Å². The molecule has 1 saturated heterocycles. The van der Waals surface area contributed by atoms with Crippen LogP contribution in [0.1, 0.15) is 32.6 Å².